The third-order valence-corrected chi connectivity index (χ3v) is 2.95. The van der Waals surface area contributed by atoms with Gasteiger partial charge in [0.25, 0.3) is 0 Å². The van der Waals surface area contributed by atoms with Gasteiger partial charge in [-0.05, 0) is 37.3 Å². The van der Waals surface area contributed by atoms with Crippen LogP contribution in [0, 0.1) is 10.6 Å². The SMILES string of the molecule is CC(CC(F)(F)F)n1c(=S)[nH]c2ccc(F)cc21. The number of H-pyrrole nitrogens is 1. The molecule has 1 unspecified atom stereocenters. The molecule has 2 nitrogen and oxygen atoms in total. The fourth-order valence-corrected chi connectivity index (χ4v) is 2.35. The molecule has 0 radical (unpaired) electrons. The van der Waals surface area contributed by atoms with E-state index in [1.54, 1.807) is 0 Å². The van der Waals surface area contributed by atoms with E-state index in [0.29, 0.717) is 11.0 Å². The van der Waals surface area contributed by atoms with Gasteiger partial charge in [-0.2, -0.15) is 13.2 Å². The highest BCUT2D eigenvalue weighted by Crippen LogP contribution is 2.30. The molecule has 0 saturated heterocycles. The Morgan fingerprint density at radius 2 is 2.06 bits per heavy atom. The molecule has 0 bridgehead atoms. The Morgan fingerprint density at radius 1 is 1.39 bits per heavy atom. The lowest BCUT2D eigenvalue weighted by Gasteiger charge is -2.16. The first kappa shape index (κ1) is 13.1. The van der Waals surface area contributed by atoms with Crippen LogP contribution in [0.15, 0.2) is 18.2 Å². The van der Waals surface area contributed by atoms with E-state index in [4.69, 9.17) is 12.2 Å². The van der Waals surface area contributed by atoms with Gasteiger partial charge in [-0.25, -0.2) is 4.39 Å². The van der Waals surface area contributed by atoms with E-state index in [2.05, 4.69) is 4.98 Å². The summed E-state index contributed by atoms with van der Waals surface area (Å²) in [5.41, 5.74) is 0.868. The Hall–Kier alpha value is -1.37. The molecule has 2 rings (SSSR count). The van der Waals surface area contributed by atoms with Crippen molar-refractivity contribution in [1.29, 1.82) is 0 Å². The summed E-state index contributed by atoms with van der Waals surface area (Å²) in [6.45, 7) is 1.40. The fraction of sp³-hybridized carbons (Fsp3) is 0.364. The molecular formula is C11H10F4N2S. The number of benzene rings is 1. The van der Waals surface area contributed by atoms with Crippen LogP contribution in [0.5, 0.6) is 0 Å². The molecule has 1 aromatic carbocycles. The second-order valence-corrected chi connectivity index (χ2v) is 4.52. The molecule has 0 fully saturated rings. The molecule has 0 spiro atoms. The summed E-state index contributed by atoms with van der Waals surface area (Å²) < 4.78 is 51.7. The maximum atomic E-state index is 13.1. The lowest BCUT2D eigenvalue weighted by atomic mass is 10.2. The molecule has 1 heterocycles. The van der Waals surface area contributed by atoms with E-state index in [1.165, 1.54) is 29.7 Å². The quantitative estimate of drug-likeness (QED) is 0.639. The molecule has 0 aliphatic carbocycles. The van der Waals surface area contributed by atoms with Gasteiger partial charge in [0.1, 0.15) is 5.82 Å². The molecule has 2 aromatic rings. The van der Waals surface area contributed by atoms with Crippen LogP contribution in [-0.4, -0.2) is 15.7 Å². The largest absolute Gasteiger partial charge is 0.391 e. The Kier molecular flexibility index (Phi) is 3.18. The van der Waals surface area contributed by atoms with Gasteiger partial charge in [0.15, 0.2) is 4.77 Å². The van der Waals surface area contributed by atoms with Crippen LogP contribution in [0.1, 0.15) is 19.4 Å². The molecule has 0 aliphatic heterocycles. The van der Waals surface area contributed by atoms with Gasteiger partial charge >= 0.3 is 6.18 Å². The number of fused-ring (bicyclic) bond motifs is 1. The number of aromatic nitrogens is 2. The highest BCUT2D eigenvalue weighted by Gasteiger charge is 2.31. The molecular weight excluding hydrogens is 268 g/mol. The molecule has 7 heteroatoms. The number of imidazole rings is 1. The number of hydrogen-bond donors (Lipinski definition) is 1. The topological polar surface area (TPSA) is 20.7 Å². The van der Waals surface area contributed by atoms with Crippen LogP contribution in [-0.2, 0) is 0 Å². The molecule has 1 N–H and O–H groups in total. The maximum Gasteiger partial charge on any atom is 0.391 e. The smallest absolute Gasteiger partial charge is 0.331 e. The zero-order chi connectivity index (χ0) is 13.5. The van der Waals surface area contributed by atoms with E-state index in [9.17, 15) is 17.6 Å². The number of hydrogen-bond acceptors (Lipinski definition) is 1. The summed E-state index contributed by atoms with van der Waals surface area (Å²) in [6.07, 6.45) is -5.30. The predicted molar refractivity (Wildman–Crippen MR) is 62.5 cm³/mol. The van der Waals surface area contributed by atoms with Gasteiger partial charge in [-0.15, -0.1) is 0 Å². The Bertz CT molecular complexity index is 626. The highest BCUT2D eigenvalue weighted by atomic mass is 32.1. The molecule has 18 heavy (non-hydrogen) atoms. The van der Waals surface area contributed by atoms with E-state index in [-0.39, 0.29) is 4.77 Å². The van der Waals surface area contributed by atoms with Gasteiger partial charge in [-0.1, -0.05) is 0 Å². The normalized spacial score (nSPS) is 14.1. The van der Waals surface area contributed by atoms with Crippen molar-refractivity contribution >= 4 is 23.3 Å². The minimum Gasteiger partial charge on any atom is -0.331 e. The van der Waals surface area contributed by atoms with Crippen LogP contribution in [0.2, 0.25) is 0 Å². The summed E-state index contributed by atoms with van der Waals surface area (Å²) in [5.74, 6) is -0.510. The average molecular weight is 278 g/mol. The average Bonchev–Trinajstić information content (AvgIpc) is 2.50. The molecule has 98 valence electrons. The first-order valence-corrected chi connectivity index (χ1v) is 5.65. The first-order chi connectivity index (χ1) is 8.28. The Morgan fingerprint density at radius 3 is 2.67 bits per heavy atom. The van der Waals surface area contributed by atoms with Crippen LogP contribution in [0.4, 0.5) is 17.6 Å². The van der Waals surface area contributed by atoms with Crippen LogP contribution < -0.4 is 0 Å². The monoisotopic (exact) mass is 278 g/mol. The zero-order valence-corrected chi connectivity index (χ0v) is 10.2. The zero-order valence-electron chi connectivity index (χ0n) is 9.38. The van der Waals surface area contributed by atoms with Crippen molar-refractivity contribution in [3.8, 4) is 0 Å². The lowest BCUT2D eigenvalue weighted by Crippen LogP contribution is -2.16. The minimum atomic E-state index is -4.29. The fourth-order valence-electron chi connectivity index (χ4n) is 1.96. The van der Waals surface area contributed by atoms with Crippen LogP contribution in [0.25, 0.3) is 11.0 Å². The second kappa shape index (κ2) is 4.38. The molecule has 1 atom stereocenters. The van der Waals surface area contributed by atoms with Crippen molar-refractivity contribution < 1.29 is 17.6 Å². The number of nitrogens with one attached hydrogen (secondary N) is 1. The summed E-state index contributed by atoms with van der Waals surface area (Å²) in [4.78, 5) is 2.76. The lowest BCUT2D eigenvalue weighted by molar-refractivity contribution is -0.141. The van der Waals surface area contributed by atoms with Gasteiger partial charge in [0.05, 0.1) is 17.5 Å². The van der Waals surface area contributed by atoms with Gasteiger partial charge in [0, 0.05) is 6.04 Å². The Labute approximate surface area is 105 Å². The predicted octanol–water partition coefficient (Wildman–Crippen LogP) is 4.35. The molecule has 0 amide bonds. The van der Waals surface area contributed by atoms with Gasteiger partial charge < -0.3 is 9.55 Å². The van der Waals surface area contributed by atoms with Crippen molar-refractivity contribution in [2.24, 2.45) is 0 Å². The van der Waals surface area contributed by atoms with Crippen molar-refractivity contribution in [1.82, 2.24) is 9.55 Å². The number of rotatable bonds is 2. The maximum absolute atomic E-state index is 13.1. The molecule has 1 aromatic heterocycles. The van der Waals surface area contributed by atoms with Crippen molar-refractivity contribution in [2.45, 2.75) is 25.6 Å². The summed E-state index contributed by atoms with van der Waals surface area (Å²) >= 11 is 4.98. The minimum absolute atomic E-state index is 0.160. The second-order valence-electron chi connectivity index (χ2n) is 4.13. The molecule has 0 aliphatic rings. The number of nitrogens with zero attached hydrogens (tertiary/aromatic N) is 1. The van der Waals surface area contributed by atoms with Crippen LogP contribution in [0.3, 0.4) is 0 Å². The summed E-state index contributed by atoms with van der Waals surface area (Å²) in [5, 5.41) is 0. The first-order valence-electron chi connectivity index (χ1n) is 5.24. The molecule has 0 saturated carbocycles. The van der Waals surface area contributed by atoms with E-state index in [1.807, 2.05) is 0 Å². The Balaban J connectivity index is 2.53. The van der Waals surface area contributed by atoms with E-state index in [0.717, 1.165) is 0 Å². The van der Waals surface area contributed by atoms with Gasteiger partial charge in [-0.3, -0.25) is 0 Å². The van der Waals surface area contributed by atoms with Gasteiger partial charge in [0.2, 0.25) is 0 Å². The number of aromatic amines is 1. The summed E-state index contributed by atoms with van der Waals surface area (Å²) in [6, 6.07) is 2.98. The van der Waals surface area contributed by atoms with Crippen molar-refractivity contribution in [3.05, 3.63) is 28.8 Å². The summed E-state index contributed by atoms with van der Waals surface area (Å²) in [7, 11) is 0. The van der Waals surface area contributed by atoms with E-state index >= 15 is 0 Å². The van der Waals surface area contributed by atoms with E-state index < -0.39 is 24.5 Å². The van der Waals surface area contributed by atoms with Crippen LogP contribution >= 0.6 is 12.2 Å². The van der Waals surface area contributed by atoms with Crippen molar-refractivity contribution in [3.63, 3.8) is 0 Å². The number of alkyl halides is 3. The number of halogens is 4. The van der Waals surface area contributed by atoms with Crippen molar-refractivity contribution in [2.75, 3.05) is 0 Å². The third-order valence-electron chi connectivity index (χ3n) is 2.65. The highest BCUT2D eigenvalue weighted by molar-refractivity contribution is 7.71. The third kappa shape index (κ3) is 2.55. The standard InChI is InChI=1S/C11H10F4N2S/c1-6(5-11(13,14)15)17-9-4-7(12)2-3-8(9)16-10(17)18/h2-4,6H,5H2,1H3,(H,16,18).